The number of carbonyl (C=O) groups excluding carboxylic acids is 3. The van der Waals surface area contributed by atoms with E-state index in [9.17, 15) is 14.4 Å². The molecule has 33 heavy (non-hydrogen) atoms. The molecule has 0 fully saturated rings. The van der Waals surface area contributed by atoms with Gasteiger partial charge in [-0.3, -0.25) is 19.7 Å². The summed E-state index contributed by atoms with van der Waals surface area (Å²) in [7, 11) is 0. The molecule has 3 aromatic carbocycles. The van der Waals surface area contributed by atoms with Gasteiger partial charge in [0.1, 0.15) is 5.75 Å². The summed E-state index contributed by atoms with van der Waals surface area (Å²) in [6.07, 6.45) is -0.00524. The summed E-state index contributed by atoms with van der Waals surface area (Å²) in [5, 5.41) is 5.67. The van der Waals surface area contributed by atoms with E-state index in [1.807, 2.05) is 13.8 Å². The zero-order chi connectivity index (χ0) is 23.5. The Kier molecular flexibility index (Phi) is 6.19. The highest BCUT2D eigenvalue weighted by Gasteiger charge is 2.36. The monoisotopic (exact) mass is 459 g/mol. The number of anilines is 2. The second kappa shape index (κ2) is 9.22. The Hall–Kier alpha value is -4.04. The molecule has 0 aromatic heterocycles. The fourth-order valence-electron chi connectivity index (χ4n) is 3.44. The molecule has 1 heterocycles. The lowest BCUT2D eigenvalue weighted by atomic mass is 10.1. The van der Waals surface area contributed by atoms with Crippen molar-refractivity contribution in [3.63, 3.8) is 0 Å². The highest BCUT2D eigenvalue weighted by Crippen LogP contribution is 2.29. The van der Waals surface area contributed by atoms with Gasteiger partial charge in [0.05, 0.1) is 22.9 Å². The molecule has 4 rings (SSSR count). The Morgan fingerprint density at radius 3 is 2.15 bits per heavy atom. The number of hydrogen-bond donors (Lipinski definition) is 2. The van der Waals surface area contributed by atoms with E-state index >= 15 is 0 Å². The third kappa shape index (κ3) is 4.75. The summed E-state index contributed by atoms with van der Waals surface area (Å²) in [6, 6.07) is 20.2. The van der Waals surface area contributed by atoms with E-state index < -0.39 is 0 Å². The molecule has 2 N–H and O–H groups in total. The number of amides is 3. The van der Waals surface area contributed by atoms with Crippen molar-refractivity contribution in [1.29, 1.82) is 0 Å². The first kappa shape index (κ1) is 22.2. The molecule has 166 valence electrons. The molecule has 0 saturated heterocycles. The molecule has 1 aliphatic heterocycles. The van der Waals surface area contributed by atoms with Crippen molar-refractivity contribution in [3.05, 3.63) is 89.5 Å². The van der Waals surface area contributed by atoms with Gasteiger partial charge in [-0.15, -0.1) is 0 Å². The third-order valence-corrected chi connectivity index (χ3v) is 5.08. The van der Waals surface area contributed by atoms with Gasteiger partial charge in [0.15, 0.2) is 5.11 Å². The maximum atomic E-state index is 12.6. The second-order valence-electron chi connectivity index (χ2n) is 7.64. The van der Waals surface area contributed by atoms with E-state index in [2.05, 4.69) is 10.6 Å². The largest absolute Gasteiger partial charge is 0.491 e. The van der Waals surface area contributed by atoms with Crippen molar-refractivity contribution in [2.45, 2.75) is 20.0 Å². The van der Waals surface area contributed by atoms with Gasteiger partial charge in [0.2, 0.25) is 0 Å². The van der Waals surface area contributed by atoms with Crippen LogP contribution in [0.1, 0.15) is 44.9 Å². The second-order valence-corrected chi connectivity index (χ2v) is 8.05. The van der Waals surface area contributed by atoms with E-state index in [-0.39, 0.29) is 28.9 Å². The lowest BCUT2D eigenvalue weighted by Crippen LogP contribution is -2.34. The van der Waals surface area contributed by atoms with Crippen LogP contribution < -0.4 is 20.3 Å². The predicted octanol–water partition coefficient (Wildman–Crippen LogP) is 4.40. The Morgan fingerprint density at radius 2 is 1.55 bits per heavy atom. The minimum absolute atomic E-state index is 0.00524. The van der Waals surface area contributed by atoms with Gasteiger partial charge in [0, 0.05) is 11.3 Å². The molecule has 0 radical (unpaired) electrons. The summed E-state index contributed by atoms with van der Waals surface area (Å²) in [4.78, 5) is 38.9. The van der Waals surface area contributed by atoms with Crippen LogP contribution in [0.5, 0.6) is 5.75 Å². The first-order valence-electron chi connectivity index (χ1n) is 10.3. The van der Waals surface area contributed by atoms with Gasteiger partial charge >= 0.3 is 0 Å². The molecule has 7 nitrogen and oxygen atoms in total. The van der Waals surface area contributed by atoms with Crippen molar-refractivity contribution >= 4 is 46.4 Å². The van der Waals surface area contributed by atoms with Crippen LogP contribution >= 0.6 is 12.2 Å². The number of ether oxygens (including phenoxy) is 1. The first-order chi connectivity index (χ1) is 15.8. The van der Waals surface area contributed by atoms with Gasteiger partial charge in [-0.05, 0) is 80.7 Å². The van der Waals surface area contributed by atoms with Gasteiger partial charge < -0.3 is 10.1 Å². The number of nitrogens with one attached hydrogen (secondary N) is 2. The van der Waals surface area contributed by atoms with E-state index in [4.69, 9.17) is 17.0 Å². The van der Waals surface area contributed by atoms with E-state index in [0.717, 1.165) is 4.90 Å². The number of nitrogens with zero attached hydrogens (tertiary/aromatic N) is 1. The molecular weight excluding hydrogens is 438 g/mol. The lowest BCUT2D eigenvalue weighted by molar-refractivity contribution is 0.0923. The Bertz CT molecular complexity index is 1220. The number of thiocarbonyl (C=S) groups is 1. The molecule has 8 heteroatoms. The van der Waals surface area contributed by atoms with Crippen LogP contribution in [0.4, 0.5) is 11.4 Å². The van der Waals surface area contributed by atoms with Crippen molar-refractivity contribution in [3.8, 4) is 5.75 Å². The van der Waals surface area contributed by atoms with Crippen molar-refractivity contribution < 1.29 is 19.1 Å². The molecule has 0 bridgehead atoms. The maximum absolute atomic E-state index is 12.6. The van der Waals surface area contributed by atoms with Gasteiger partial charge in [-0.25, -0.2) is 4.90 Å². The summed E-state index contributed by atoms with van der Waals surface area (Å²) in [5.74, 6) is -0.491. The van der Waals surface area contributed by atoms with E-state index in [1.165, 1.54) is 0 Å². The summed E-state index contributed by atoms with van der Waals surface area (Å²) < 4.78 is 5.61. The first-order valence-corrected chi connectivity index (χ1v) is 10.7. The van der Waals surface area contributed by atoms with Gasteiger partial charge in [-0.1, -0.05) is 18.2 Å². The van der Waals surface area contributed by atoms with Gasteiger partial charge in [0.25, 0.3) is 17.7 Å². The van der Waals surface area contributed by atoms with Crippen LogP contribution in [0.2, 0.25) is 0 Å². The summed E-state index contributed by atoms with van der Waals surface area (Å²) >= 11 is 5.25. The van der Waals surface area contributed by atoms with Crippen LogP contribution in [-0.2, 0) is 0 Å². The molecule has 3 amide bonds. The van der Waals surface area contributed by atoms with Crippen molar-refractivity contribution in [2.24, 2.45) is 0 Å². The minimum Gasteiger partial charge on any atom is -0.491 e. The zero-order valence-electron chi connectivity index (χ0n) is 18.0. The zero-order valence-corrected chi connectivity index (χ0v) is 18.8. The molecule has 0 aliphatic carbocycles. The van der Waals surface area contributed by atoms with E-state index in [1.54, 1.807) is 72.8 Å². The van der Waals surface area contributed by atoms with Crippen LogP contribution in [0.3, 0.4) is 0 Å². The highest BCUT2D eigenvalue weighted by molar-refractivity contribution is 7.80. The van der Waals surface area contributed by atoms with Crippen LogP contribution in [0.15, 0.2) is 72.8 Å². The molecular formula is C25H21N3O4S. The molecule has 3 aromatic rings. The summed E-state index contributed by atoms with van der Waals surface area (Å²) in [6.45, 7) is 3.82. The topological polar surface area (TPSA) is 87.7 Å². The Balaban J connectivity index is 1.40. The smallest absolute Gasteiger partial charge is 0.266 e. The average Bonchev–Trinajstić information content (AvgIpc) is 3.04. The Morgan fingerprint density at radius 1 is 0.909 bits per heavy atom. The fourth-order valence-corrected chi connectivity index (χ4v) is 3.65. The number of rotatable bonds is 5. The molecule has 0 spiro atoms. The van der Waals surface area contributed by atoms with Crippen LogP contribution in [-0.4, -0.2) is 28.9 Å². The molecule has 0 atom stereocenters. The summed E-state index contributed by atoms with van der Waals surface area (Å²) in [5.41, 5.74) is 2.23. The standard InChI is InChI=1S/C25H21N3O4S/c1-15(2)32-19-7-5-6-16(14-19)22(29)27-25(33)26-17-10-12-18(13-11-17)28-23(30)20-8-3-4-9-21(20)24(28)31/h3-15H,1-2H3,(H2,26,27,29,33). The predicted molar refractivity (Wildman–Crippen MR) is 130 cm³/mol. The fraction of sp³-hybridized carbons (Fsp3) is 0.120. The number of imide groups is 1. The third-order valence-electron chi connectivity index (χ3n) is 4.87. The van der Waals surface area contributed by atoms with Crippen molar-refractivity contribution in [1.82, 2.24) is 5.32 Å². The quantitative estimate of drug-likeness (QED) is 0.434. The van der Waals surface area contributed by atoms with Crippen molar-refractivity contribution in [2.75, 3.05) is 10.2 Å². The number of carbonyl (C=O) groups is 3. The molecule has 0 saturated carbocycles. The number of benzene rings is 3. The highest BCUT2D eigenvalue weighted by atomic mass is 32.1. The lowest BCUT2D eigenvalue weighted by Gasteiger charge is -2.15. The number of hydrogen-bond acceptors (Lipinski definition) is 5. The molecule has 0 unspecified atom stereocenters. The normalized spacial score (nSPS) is 12.5. The minimum atomic E-state index is -0.371. The SMILES string of the molecule is CC(C)Oc1cccc(C(=O)NC(=S)Nc2ccc(N3C(=O)c4ccccc4C3=O)cc2)c1. The van der Waals surface area contributed by atoms with Crippen LogP contribution in [0, 0.1) is 0 Å². The van der Waals surface area contributed by atoms with E-state index in [0.29, 0.717) is 33.8 Å². The molecule has 1 aliphatic rings. The number of fused-ring (bicyclic) bond motifs is 1. The Labute approximate surface area is 196 Å². The van der Waals surface area contributed by atoms with Gasteiger partial charge in [-0.2, -0.15) is 0 Å². The van der Waals surface area contributed by atoms with Crippen LogP contribution in [0.25, 0.3) is 0 Å². The maximum Gasteiger partial charge on any atom is 0.266 e. The average molecular weight is 460 g/mol.